The van der Waals surface area contributed by atoms with E-state index in [2.05, 4.69) is 4.99 Å². The van der Waals surface area contributed by atoms with Gasteiger partial charge in [0, 0.05) is 20.1 Å². The molecular formula is C17H24N4O2S. The zero-order chi connectivity index (χ0) is 17.3. The van der Waals surface area contributed by atoms with Gasteiger partial charge in [0.25, 0.3) is 0 Å². The van der Waals surface area contributed by atoms with Crippen LogP contribution in [0.4, 0.5) is 0 Å². The van der Waals surface area contributed by atoms with Gasteiger partial charge in [-0.3, -0.25) is 9.69 Å². The molecule has 3 atom stereocenters. The summed E-state index contributed by atoms with van der Waals surface area (Å²) in [7, 11) is 0.472. The minimum atomic E-state index is -1.18. The van der Waals surface area contributed by atoms with E-state index in [4.69, 9.17) is 5.73 Å². The quantitative estimate of drug-likeness (QED) is 0.896. The number of hydrogen-bond acceptors (Lipinski definition) is 4. The Morgan fingerprint density at radius 1 is 1.33 bits per heavy atom. The monoisotopic (exact) mass is 348 g/mol. The maximum absolute atomic E-state index is 12.8. The molecule has 0 bridgehead atoms. The zero-order valence-corrected chi connectivity index (χ0v) is 15.0. The largest absolute Gasteiger partial charge is 0.369 e. The summed E-state index contributed by atoms with van der Waals surface area (Å²) < 4.78 is 14.8. The molecule has 2 unspecified atom stereocenters. The summed E-state index contributed by atoms with van der Waals surface area (Å²) in [6.45, 7) is 3.44. The number of rotatable bonds is 3. The fourth-order valence-electron chi connectivity index (χ4n) is 3.45. The van der Waals surface area contributed by atoms with E-state index >= 15 is 0 Å². The molecule has 2 N–H and O–H groups in total. The van der Waals surface area contributed by atoms with Crippen molar-refractivity contribution in [3.05, 3.63) is 30.3 Å². The van der Waals surface area contributed by atoms with Crippen LogP contribution in [0.5, 0.6) is 0 Å². The predicted octanol–water partition coefficient (Wildman–Crippen LogP) is 1.36. The van der Waals surface area contributed by atoms with E-state index in [0.29, 0.717) is 13.0 Å². The molecule has 2 heterocycles. The van der Waals surface area contributed by atoms with E-state index in [1.165, 1.54) is 4.90 Å². The molecule has 0 saturated carbocycles. The predicted molar refractivity (Wildman–Crippen MR) is 94.6 cm³/mol. The Bertz CT molecular complexity index is 678. The smallest absolute Gasteiger partial charge is 0.231 e. The van der Waals surface area contributed by atoms with Crippen LogP contribution >= 0.6 is 0 Å². The number of benzene rings is 1. The first kappa shape index (κ1) is 17.1. The van der Waals surface area contributed by atoms with Crippen LogP contribution in [0.3, 0.4) is 0 Å². The Balaban J connectivity index is 1.79. The Hall–Kier alpha value is -1.73. The minimum Gasteiger partial charge on any atom is -0.369 e. The van der Waals surface area contributed by atoms with E-state index in [-0.39, 0.29) is 17.8 Å². The molecule has 2 aliphatic rings. The number of carbonyl (C=O) groups excluding carboxylic acids is 1. The van der Waals surface area contributed by atoms with Gasteiger partial charge in [-0.1, -0.05) is 18.2 Å². The number of amides is 1. The molecule has 130 valence electrons. The van der Waals surface area contributed by atoms with E-state index in [1.54, 1.807) is 7.05 Å². The normalized spacial score (nSPS) is 30.1. The lowest BCUT2D eigenvalue weighted by molar-refractivity contribution is -0.129. The second-order valence-electron chi connectivity index (χ2n) is 6.75. The summed E-state index contributed by atoms with van der Waals surface area (Å²) in [6, 6.07) is 9.49. The topological polar surface area (TPSA) is 79.0 Å². The summed E-state index contributed by atoms with van der Waals surface area (Å²) in [5.41, 5.74) is 5.40. The van der Waals surface area contributed by atoms with Crippen molar-refractivity contribution in [2.24, 2.45) is 16.6 Å². The summed E-state index contributed by atoms with van der Waals surface area (Å²) in [5.74, 6) is 0.427. The van der Waals surface area contributed by atoms with Crippen molar-refractivity contribution >= 4 is 22.9 Å². The summed E-state index contributed by atoms with van der Waals surface area (Å²) >= 11 is 0. The van der Waals surface area contributed by atoms with Crippen LogP contribution in [0.2, 0.25) is 0 Å². The molecular weight excluding hydrogens is 324 g/mol. The van der Waals surface area contributed by atoms with Gasteiger partial charge in [0.2, 0.25) is 5.91 Å². The van der Waals surface area contributed by atoms with Crippen LogP contribution in [-0.4, -0.2) is 51.0 Å². The molecule has 2 aliphatic heterocycles. The van der Waals surface area contributed by atoms with Gasteiger partial charge in [-0.15, -0.1) is 0 Å². The number of hydrogen-bond donors (Lipinski definition) is 1. The minimum absolute atomic E-state index is 0.00805. The molecule has 1 aromatic rings. The van der Waals surface area contributed by atoms with Crippen molar-refractivity contribution in [2.75, 3.05) is 20.1 Å². The third kappa shape index (κ3) is 3.23. The van der Waals surface area contributed by atoms with Crippen molar-refractivity contribution in [2.45, 2.75) is 36.6 Å². The van der Waals surface area contributed by atoms with Crippen molar-refractivity contribution < 1.29 is 9.00 Å². The fraction of sp³-hybridized carbons (Fsp3) is 0.529. The number of piperidine rings is 1. The first-order chi connectivity index (χ1) is 11.4. The molecule has 1 saturated heterocycles. The fourth-order valence-corrected chi connectivity index (χ4v) is 4.75. The molecule has 3 rings (SSSR count). The standard InChI is InChI=1S/C17H24N4O2S/c1-17(11-15(22)20(2)16(18)19-17)13-7-6-10-21(12-13)24(23)14-8-4-3-5-9-14/h3-5,8-9,13H,6-7,10-12H2,1-2H3,(H2,18,19)/t13?,17-,24?/m0/s1. The third-order valence-electron chi connectivity index (χ3n) is 5.04. The maximum atomic E-state index is 12.8. The van der Waals surface area contributed by atoms with Crippen molar-refractivity contribution in [3.8, 4) is 0 Å². The highest BCUT2D eigenvalue weighted by Crippen LogP contribution is 2.36. The summed E-state index contributed by atoms with van der Waals surface area (Å²) in [5, 5.41) is 0. The molecule has 1 aromatic carbocycles. The van der Waals surface area contributed by atoms with Crippen LogP contribution < -0.4 is 5.73 Å². The Morgan fingerprint density at radius 2 is 2.04 bits per heavy atom. The lowest BCUT2D eigenvalue weighted by Gasteiger charge is -2.43. The first-order valence-electron chi connectivity index (χ1n) is 8.24. The van der Waals surface area contributed by atoms with Crippen molar-refractivity contribution in [1.29, 1.82) is 0 Å². The highest BCUT2D eigenvalue weighted by atomic mass is 32.2. The summed E-state index contributed by atoms with van der Waals surface area (Å²) in [6.07, 6.45) is 2.26. The van der Waals surface area contributed by atoms with E-state index in [1.807, 2.05) is 41.6 Å². The number of nitrogens with zero attached hydrogens (tertiary/aromatic N) is 3. The van der Waals surface area contributed by atoms with Gasteiger partial charge < -0.3 is 5.73 Å². The number of aliphatic imine (C=N–C) groups is 1. The molecule has 1 amide bonds. The van der Waals surface area contributed by atoms with Gasteiger partial charge in [0.15, 0.2) is 5.96 Å². The third-order valence-corrected chi connectivity index (χ3v) is 6.52. The number of guanidine groups is 1. The molecule has 0 aliphatic carbocycles. The average molecular weight is 348 g/mol. The van der Waals surface area contributed by atoms with Gasteiger partial charge >= 0.3 is 0 Å². The van der Waals surface area contributed by atoms with Crippen LogP contribution in [0.25, 0.3) is 0 Å². The van der Waals surface area contributed by atoms with Crippen LogP contribution in [-0.2, 0) is 15.8 Å². The van der Waals surface area contributed by atoms with Crippen LogP contribution in [0.15, 0.2) is 40.2 Å². The van der Waals surface area contributed by atoms with E-state index in [0.717, 1.165) is 24.3 Å². The molecule has 0 spiro atoms. The molecule has 0 aromatic heterocycles. The van der Waals surface area contributed by atoms with Crippen LogP contribution in [0, 0.1) is 5.92 Å². The lowest BCUT2D eigenvalue weighted by atomic mass is 9.78. The van der Waals surface area contributed by atoms with Gasteiger partial charge in [-0.05, 0) is 37.8 Å². The average Bonchev–Trinajstić information content (AvgIpc) is 2.60. The maximum Gasteiger partial charge on any atom is 0.231 e. The number of carbonyl (C=O) groups is 1. The molecule has 7 heteroatoms. The molecule has 6 nitrogen and oxygen atoms in total. The Kier molecular flexibility index (Phi) is 4.73. The zero-order valence-electron chi connectivity index (χ0n) is 14.1. The second-order valence-corrected chi connectivity index (χ2v) is 8.23. The van der Waals surface area contributed by atoms with Crippen LogP contribution in [0.1, 0.15) is 26.2 Å². The van der Waals surface area contributed by atoms with Gasteiger partial charge in [0.05, 0.1) is 16.9 Å². The van der Waals surface area contributed by atoms with Gasteiger partial charge in [0.1, 0.15) is 11.0 Å². The highest BCUT2D eigenvalue weighted by molar-refractivity contribution is 7.82. The first-order valence-corrected chi connectivity index (χ1v) is 9.35. The Labute approximate surface area is 145 Å². The number of nitrogens with two attached hydrogens (primary N) is 1. The van der Waals surface area contributed by atoms with E-state index in [9.17, 15) is 9.00 Å². The van der Waals surface area contributed by atoms with Gasteiger partial charge in [-0.2, -0.15) is 0 Å². The van der Waals surface area contributed by atoms with Gasteiger partial charge in [-0.25, -0.2) is 13.5 Å². The SMILES string of the molecule is CN1C(=O)C[C@@](C)(C2CCCN(S(=O)c3ccccc3)C2)N=C1N. The Morgan fingerprint density at radius 3 is 2.71 bits per heavy atom. The molecule has 1 fully saturated rings. The van der Waals surface area contributed by atoms with Crippen molar-refractivity contribution in [3.63, 3.8) is 0 Å². The van der Waals surface area contributed by atoms with Crippen molar-refractivity contribution in [1.82, 2.24) is 9.21 Å². The second kappa shape index (κ2) is 6.64. The highest BCUT2D eigenvalue weighted by Gasteiger charge is 2.43. The van der Waals surface area contributed by atoms with E-state index < -0.39 is 16.5 Å². The molecule has 0 radical (unpaired) electrons. The lowest BCUT2D eigenvalue weighted by Crippen LogP contribution is -2.54. The summed E-state index contributed by atoms with van der Waals surface area (Å²) in [4.78, 5) is 19.0. The molecule has 24 heavy (non-hydrogen) atoms.